The number of hydrogen-bond donors (Lipinski definition) is 1. The van der Waals surface area contributed by atoms with Gasteiger partial charge in [0, 0.05) is 22.8 Å². The maximum atomic E-state index is 12.7. The van der Waals surface area contributed by atoms with E-state index in [9.17, 15) is 9.59 Å². The first-order chi connectivity index (χ1) is 10.2. The maximum Gasteiger partial charge on any atom is 0.254 e. The molecule has 6 heteroatoms. The number of amides is 2. The Morgan fingerprint density at radius 3 is 3.14 bits per heavy atom. The van der Waals surface area contributed by atoms with Crippen LogP contribution in [0.3, 0.4) is 0 Å². The Kier molecular flexibility index (Phi) is 4.45. The zero-order valence-electron chi connectivity index (χ0n) is 11.9. The molecule has 0 spiro atoms. The van der Waals surface area contributed by atoms with Crippen molar-refractivity contribution >= 4 is 41.0 Å². The molecular formula is C15H18N2O2S2. The second-order valence-corrected chi connectivity index (χ2v) is 7.46. The lowest BCUT2D eigenvalue weighted by Gasteiger charge is -2.24. The van der Waals surface area contributed by atoms with Gasteiger partial charge in [-0.3, -0.25) is 9.59 Å². The van der Waals surface area contributed by atoms with E-state index >= 15 is 0 Å². The summed E-state index contributed by atoms with van der Waals surface area (Å²) >= 11 is 3.38. The van der Waals surface area contributed by atoms with Crippen molar-refractivity contribution in [1.29, 1.82) is 0 Å². The minimum absolute atomic E-state index is 0.00214. The molecule has 21 heavy (non-hydrogen) atoms. The Labute approximate surface area is 133 Å². The molecule has 0 aromatic heterocycles. The van der Waals surface area contributed by atoms with Crippen LogP contribution >= 0.6 is 23.5 Å². The van der Waals surface area contributed by atoms with Crippen molar-refractivity contribution in [3.63, 3.8) is 0 Å². The quantitative estimate of drug-likeness (QED) is 0.929. The highest BCUT2D eigenvalue weighted by Crippen LogP contribution is 2.34. The van der Waals surface area contributed by atoms with Gasteiger partial charge in [0.1, 0.15) is 0 Å². The van der Waals surface area contributed by atoms with Gasteiger partial charge in [0.15, 0.2) is 0 Å². The van der Waals surface area contributed by atoms with Crippen molar-refractivity contribution in [2.45, 2.75) is 30.0 Å². The fraction of sp³-hybridized carbons (Fsp3) is 0.467. The van der Waals surface area contributed by atoms with Crippen molar-refractivity contribution in [3.8, 4) is 0 Å². The first kappa shape index (κ1) is 14.8. The molecule has 112 valence electrons. The number of anilines is 1. The molecule has 1 atom stereocenters. The summed E-state index contributed by atoms with van der Waals surface area (Å²) < 4.78 is 0. The molecule has 0 bridgehead atoms. The number of thioether (sulfide) groups is 2. The Bertz CT molecular complexity index is 577. The summed E-state index contributed by atoms with van der Waals surface area (Å²) in [5.41, 5.74) is 1.43. The molecule has 1 fully saturated rings. The average Bonchev–Trinajstić information content (AvgIpc) is 2.94. The Morgan fingerprint density at radius 2 is 2.33 bits per heavy atom. The van der Waals surface area contributed by atoms with Crippen LogP contribution in [0.15, 0.2) is 23.1 Å². The van der Waals surface area contributed by atoms with Crippen LogP contribution in [0.4, 0.5) is 5.69 Å². The molecule has 0 radical (unpaired) electrons. The normalized spacial score (nSPS) is 21.1. The van der Waals surface area contributed by atoms with Crippen molar-refractivity contribution in [3.05, 3.63) is 23.8 Å². The van der Waals surface area contributed by atoms with Crippen LogP contribution in [0.5, 0.6) is 0 Å². The van der Waals surface area contributed by atoms with E-state index in [2.05, 4.69) is 12.2 Å². The molecule has 1 unspecified atom stereocenters. The Morgan fingerprint density at radius 1 is 1.48 bits per heavy atom. The number of rotatable bonds is 3. The van der Waals surface area contributed by atoms with Crippen LogP contribution in [-0.2, 0) is 4.79 Å². The molecule has 2 aliphatic heterocycles. The molecule has 0 saturated carbocycles. The Hall–Kier alpha value is -1.14. The molecule has 2 amide bonds. The van der Waals surface area contributed by atoms with Crippen LogP contribution in [0.25, 0.3) is 0 Å². The summed E-state index contributed by atoms with van der Waals surface area (Å²) in [6, 6.07) is 5.62. The molecule has 3 rings (SSSR count). The van der Waals surface area contributed by atoms with E-state index in [0.29, 0.717) is 16.7 Å². The van der Waals surface area contributed by atoms with Crippen LogP contribution in [0, 0.1) is 0 Å². The zero-order valence-corrected chi connectivity index (χ0v) is 13.6. The fourth-order valence-corrected chi connectivity index (χ4v) is 4.77. The second kappa shape index (κ2) is 6.32. The minimum atomic E-state index is -0.00214. The van der Waals surface area contributed by atoms with E-state index in [1.807, 2.05) is 34.9 Å². The van der Waals surface area contributed by atoms with Gasteiger partial charge in [-0.15, -0.1) is 23.5 Å². The molecular weight excluding hydrogens is 304 g/mol. The summed E-state index contributed by atoms with van der Waals surface area (Å²) in [7, 11) is 0. The van der Waals surface area contributed by atoms with Crippen LogP contribution < -0.4 is 5.32 Å². The summed E-state index contributed by atoms with van der Waals surface area (Å²) in [6.45, 7) is 2.96. The minimum Gasteiger partial charge on any atom is -0.326 e. The Balaban J connectivity index is 1.81. The fourth-order valence-electron chi connectivity index (χ4n) is 2.62. The number of carbonyl (C=O) groups is 2. The predicted octanol–water partition coefficient (Wildman–Crippen LogP) is 3.05. The highest BCUT2D eigenvalue weighted by Gasteiger charge is 2.29. The third kappa shape index (κ3) is 3.06. The number of benzene rings is 1. The average molecular weight is 322 g/mol. The molecule has 2 heterocycles. The van der Waals surface area contributed by atoms with E-state index in [0.717, 1.165) is 35.7 Å². The van der Waals surface area contributed by atoms with Gasteiger partial charge >= 0.3 is 0 Å². The lowest BCUT2D eigenvalue weighted by molar-refractivity contribution is -0.113. The van der Waals surface area contributed by atoms with Gasteiger partial charge in [0.05, 0.1) is 16.8 Å². The van der Waals surface area contributed by atoms with Crippen molar-refractivity contribution in [1.82, 2.24) is 4.90 Å². The van der Waals surface area contributed by atoms with Crippen molar-refractivity contribution in [2.24, 2.45) is 0 Å². The monoisotopic (exact) mass is 322 g/mol. The molecule has 1 aromatic rings. The third-order valence-electron chi connectivity index (χ3n) is 3.65. The maximum absolute atomic E-state index is 12.7. The van der Waals surface area contributed by atoms with E-state index in [1.165, 1.54) is 11.8 Å². The van der Waals surface area contributed by atoms with Gasteiger partial charge in [0.25, 0.3) is 5.91 Å². The SMILES string of the molecule is CCCC1SCCN1C(=O)c1ccc2c(c1)NC(=O)CS2. The van der Waals surface area contributed by atoms with Crippen LogP contribution in [0.2, 0.25) is 0 Å². The zero-order chi connectivity index (χ0) is 14.8. The third-order valence-corrected chi connectivity index (χ3v) is 6.01. The van der Waals surface area contributed by atoms with Crippen molar-refractivity contribution < 1.29 is 9.59 Å². The highest BCUT2D eigenvalue weighted by atomic mass is 32.2. The number of nitrogens with zero attached hydrogens (tertiary/aromatic N) is 1. The van der Waals surface area contributed by atoms with Gasteiger partial charge in [-0.2, -0.15) is 0 Å². The van der Waals surface area contributed by atoms with Gasteiger partial charge < -0.3 is 10.2 Å². The molecule has 1 aromatic carbocycles. The smallest absolute Gasteiger partial charge is 0.254 e. The van der Waals surface area contributed by atoms with E-state index in [-0.39, 0.29) is 11.8 Å². The number of hydrogen-bond acceptors (Lipinski definition) is 4. The van der Waals surface area contributed by atoms with Crippen LogP contribution in [-0.4, -0.2) is 40.1 Å². The first-order valence-electron chi connectivity index (χ1n) is 7.18. The first-order valence-corrected chi connectivity index (χ1v) is 9.21. The molecule has 0 aliphatic carbocycles. The second-order valence-electron chi connectivity index (χ2n) is 5.16. The largest absolute Gasteiger partial charge is 0.326 e. The predicted molar refractivity (Wildman–Crippen MR) is 88.0 cm³/mol. The summed E-state index contributed by atoms with van der Waals surface area (Å²) in [6.07, 6.45) is 2.12. The van der Waals surface area contributed by atoms with Gasteiger partial charge in [-0.25, -0.2) is 0 Å². The topological polar surface area (TPSA) is 49.4 Å². The highest BCUT2D eigenvalue weighted by molar-refractivity contribution is 8.00. The summed E-state index contributed by atoms with van der Waals surface area (Å²) in [5.74, 6) is 1.53. The van der Waals surface area contributed by atoms with Gasteiger partial charge in [0.2, 0.25) is 5.91 Å². The number of fused-ring (bicyclic) bond motifs is 1. The molecule has 2 aliphatic rings. The van der Waals surface area contributed by atoms with Gasteiger partial charge in [-0.1, -0.05) is 13.3 Å². The molecule has 4 nitrogen and oxygen atoms in total. The standard InChI is InChI=1S/C15H18N2O2S2/c1-2-3-14-17(6-7-20-14)15(19)10-4-5-12-11(8-10)16-13(18)9-21-12/h4-5,8,14H,2-3,6-7,9H2,1H3,(H,16,18). The summed E-state index contributed by atoms with van der Waals surface area (Å²) in [5, 5.41) is 3.14. The van der Waals surface area contributed by atoms with E-state index in [4.69, 9.17) is 0 Å². The number of carbonyl (C=O) groups excluding carboxylic acids is 2. The summed E-state index contributed by atoms with van der Waals surface area (Å²) in [4.78, 5) is 27.2. The van der Waals surface area contributed by atoms with E-state index in [1.54, 1.807) is 0 Å². The van der Waals surface area contributed by atoms with Gasteiger partial charge in [-0.05, 0) is 24.6 Å². The van der Waals surface area contributed by atoms with Crippen molar-refractivity contribution in [2.75, 3.05) is 23.4 Å². The lowest BCUT2D eigenvalue weighted by Crippen LogP contribution is -2.34. The molecule has 1 saturated heterocycles. The van der Waals surface area contributed by atoms with E-state index < -0.39 is 0 Å². The lowest BCUT2D eigenvalue weighted by atomic mass is 10.1. The number of nitrogens with one attached hydrogen (secondary N) is 1. The molecule has 1 N–H and O–H groups in total. The van der Waals surface area contributed by atoms with Crippen LogP contribution in [0.1, 0.15) is 30.1 Å².